The van der Waals surface area contributed by atoms with Crippen LogP contribution in [0.2, 0.25) is 0 Å². The molecule has 4 heteroatoms. The zero-order chi connectivity index (χ0) is 15.1. The van der Waals surface area contributed by atoms with Gasteiger partial charge in [-0.05, 0) is 25.5 Å². The Morgan fingerprint density at radius 1 is 1.35 bits per heavy atom. The highest BCUT2D eigenvalue weighted by Crippen LogP contribution is 2.29. The molecule has 0 heterocycles. The molecule has 0 bridgehead atoms. The molecule has 0 aliphatic carbocycles. The van der Waals surface area contributed by atoms with E-state index in [1.807, 2.05) is 24.1 Å². The molecule has 0 aliphatic heterocycles. The van der Waals surface area contributed by atoms with Crippen LogP contribution in [0.3, 0.4) is 0 Å². The number of likely N-dealkylation sites (N-methyl/N-ethyl adjacent to an activating group) is 1. The van der Waals surface area contributed by atoms with Crippen LogP contribution in [0, 0.1) is 5.92 Å². The van der Waals surface area contributed by atoms with Gasteiger partial charge in [0.25, 0.3) is 0 Å². The summed E-state index contributed by atoms with van der Waals surface area (Å²) < 4.78 is 0. The predicted molar refractivity (Wildman–Crippen MR) is 81.6 cm³/mol. The molecule has 2 N–H and O–H groups in total. The quantitative estimate of drug-likeness (QED) is 0.806. The normalized spacial score (nSPS) is 12.7. The molecular formula is C16H26N2O2. The summed E-state index contributed by atoms with van der Waals surface area (Å²) in [5.41, 5.74) is 0.870. The molecule has 112 valence electrons. The number of benzene rings is 1. The van der Waals surface area contributed by atoms with Gasteiger partial charge in [-0.15, -0.1) is 0 Å². The van der Waals surface area contributed by atoms with Gasteiger partial charge in [0, 0.05) is 18.2 Å². The van der Waals surface area contributed by atoms with Crippen molar-refractivity contribution in [2.75, 3.05) is 20.1 Å². The van der Waals surface area contributed by atoms with E-state index in [4.69, 9.17) is 0 Å². The van der Waals surface area contributed by atoms with Crippen molar-refractivity contribution in [2.45, 2.75) is 33.2 Å². The topological polar surface area (TPSA) is 52.6 Å². The van der Waals surface area contributed by atoms with Crippen molar-refractivity contribution in [2.24, 2.45) is 5.92 Å². The molecule has 1 unspecified atom stereocenters. The SMILES string of the molecule is CCC(c1ccccc1O)N(C)CC(=O)NCC(C)C. The first-order valence-electron chi connectivity index (χ1n) is 7.20. The first-order chi connectivity index (χ1) is 9.45. The third kappa shape index (κ3) is 4.85. The van der Waals surface area contributed by atoms with Gasteiger partial charge < -0.3 is 10.4 Å². The lowest BCUT2D eigenvalue weighted by atomic mass is 10.0. The minimum atomic E-state index is 0.0232. The van der Waals surface area contributed by atoms with Gasteiger partial charge in [-0.1, -0.05) is 39.0 Å². The van der Waals surface area contributed by atoms with Crippen molar-refractivity contribution >= 4 is 5.91 Å². The first-order valence-corrected chi connectivity index (χ1v) is 7.20. The molecule has 4 nitrogen and oxygen atoms in total. The van der Waals surface area contributed by atoms with Gasteiger partial charge in [-0.25, -0.2) is 0 Å². The van der Waals surface area contributed by atoms with Gasteiger partial charge in [0.05, 0.1) is 6.54 Å². The highest BCUT2D eigenvalue weighted by Gasteiger charge is 2.20. The summed E-state index contributed by atoms with van der Waals surface area (Å²) >= 11 is 0. The lowest BCUT2D eigenvalue weighted by Gasteiger charge is -2.27. The van der Waals surface area contributed by atoms with E-state index in [0.29, 0.717) is 19.0 Å². The maximum atomic E-state index is 11.9. The minimum absolute atomic E-state index is 0.0232. The van der Waals surface area contributed by atoms with Gasteiger partial charge in [0.1, 0.15) is 5.75 Å². The van der Waals surface area contributed by atoms with E-state index < -0.39 is 0 Å². The standard InChI is InChI=1S/C16H26N2O2/c1-5-14(13-8-6-7-9-15(13)19)18(4)11-16(20)17-10-12(2)3/h6-9,12,14,19H,5,10-11H2,1-4H3,(H,17,20). The number of carbonyl (C=O) groups is 1. The van der Waals surface area contributed by atoms with Gasteiger partial charge >= 0.3 is 0 Å². The molecular weight excluding hydrogens is 252 g/mol. The molecule has 1 atom stereocenters. The van der Waals surface area contributed by atoms with Crippen LogP contribution in [0.4, 0.5) is 0 Å². The van der Waals surface area contributed by atoms with Gasteiger partial charge in [0.2, 0.25) is 5.91 Å². The molecule has 1 aromatic carbocycles. The van der Waals surface area contributed by atoms with Gasteiger partial charge in [0.15, 0.2) is 0 Å². The molecule has 0 saturated carbocycles. The Balaban J connectivity index is 2.66. The lowest BCUT2D eigenvalue weighted by Crippen LogP contribution is -2.38. The van der Waals surface area contributed by atoms with Crippen molar-refractivity contribution in [3.8, 4) is 5.75 Å². The molecule has 0 aliphatic rings. The Bertz CT molecular complexity index is 432. The maximum absolute atomic E-state index is 11.9. The summed E-state index contributed by atoms with van der Waals surface area (Å²) in [5, 5.41) is 12.9. The molecule has 20 heavy (non-hydrogen) atoms. The molecule has 0 saturated heterocycles. The minimum Gasteiger partial charge on any atom is -0.508 e. The van der Waals surface area contributed by atoms with Crippen LogP contribution in [0.25, 0.3) is 0 Å². The summed E-state index contributed by atoms with van der Waals surface area (Å²) in [7, 11) is 1.91. The monoisotopic (exact) mass is 278 g/mol. The number of aromatic hydroxyl groups is 1. The third-order valence-electron chi connectivity index (χ3n) is 3.31. The zero-order valence-electron chi connectivity index (χ0n) is 12.9. The van der Waals surface area contributed by atoms with Gasteiger partial charge in [-0.3, -0.25) is 9.69 Å². The number of carbonyl (C=O) groups excluding carboxylic acids is 1. The Morgan fingerprint density at radius 2 is 2.00 bits per heavy atom. The van der Waals surface area contributed by atoms with Gasteiger partial charge in [-0.2, -0.15) is 0 Å². The number of nitrogens with zero attached hydrogens (tertiary/aromatic N) is 1. The van der Waals surface area contributed by atoms with E-state index in [2.05, 4.69) is 26.1 Å². The Labute approximate surface area is 121 Å². The third-order valence-corrected chi connectivity index (χ3v) is 3.31. The van der Waals surface area contributed by atoms with E-state index in [9.17, 15) is 9.90 Å². The second-order valence-corrected chi connectivity index (χ2v) is 5.60. The fourth-order valence-electron chi connectivity index (χ4n) is 2.25. The predicted octanol–water partition coefficient (Wildman–Crippen LogP) is 2.55. The van der Waals surface area contributed by atoms with Crippen LogP contribution >= 0.6 is 0 Å². The van der Waals surface area contributed by atoms with Crippen LogP contribution in [-0.2, 0) is 4.79 Å². The average molecular weight is 278 g/mol. The fraction of sp³-hybridized carbons (Fsp3) is 0.562. The fourth-order valence-corrected chi connectivity index (χ4v) is 2.25. The molecule has 0 aromatic heterocycles. The number of phenolic OH excluding ortho intramolecular Hbond substituents is 1. The smallest absolute Gasteiger partial charge is 0.234 e. The van der Waals surface area contributed by atoms with E-state index in [-0.39, 0.29) is 17.7 Å². The summed E-state index contributed by atoms with van der Waals surface area (Å²) in [6.07, 6.45) is 0.839. The van der Waals surface area contributed by atoms with Crippen molar-refractivity contribution in [3.05, 3.63) is 29.8 Å². The second kappa shape index (κ2) is 7.90. The molecule has 1 rings (SSSR count). The van der Waals surface area contributed by atoms with E-state index >= 15 is 0 Å². The van der Waals surface area contributed by atoms with Crippen LogP contribution in [0.5, 0.6) is 5.75 Å². The van der Waals surface area contributed by atoms with Crippen LogP contribution in [0.1, 0.15) is 38.8 Å². The summed E-state index contributed by atoms with van der Waals surface area (Å²) in [6.45, 7) is 7.22. The molecule has 1 aromatic rings. The number of para-hydroxylation sites is 1. The van der Waals surface area contributed by atoms with Crippen molar-refractivity contribution in [1.82, 2.24) is 10.2 Å². The highest BCUT2D eigenvalue weighted by atomic mass is 16.3. The number of nitrogens with one attached hydrogen (secondary N) is 1. The number of rotatable bonds is 7. The highest BCUT2D eigenvalue weighted by molar-refractivity contribution is 5.78. The van der Waals surface area contributed by atoms with Crippen LogP contribution in [0.15, 0.2) is 24.3 Å². The molecule has 1 amide bonds. The largest absolute Gasteiger partial charge is 0.508 e. The molecule has 0 radical (unpaired) electrons. The van der Waals surface area contributed by atoms with E-state index in [1.54, 1.807) is 12.1 Å². The first kappa shape index (κ1) is 16.5. The Morgan fingerprint density at radius 3 is 2.55 bits per heavy atom. The lowest BCUT2D eigenvalue weighted by molar-refractivity contribution is -0.122. The summed E-state index contributed by atoms with van der Waals surface area (Å²) in [5.74, 6) is 0.758. The Hall–Kier alpha value is -1.55. The number of hydrogen-bond donors (Lipinski definition) is 2. The molecule has 0 spiro atoms. The van der Waals surface area contributed by atoms with E-state index in [1.165, 1.54) is 0 Å². The second-order valence-electron chi connectivity index (χ2n) is 5.60. The number of phenols is 1. The van der Waals surface area contributed by atoms with Crippen molar-refractivity contribution < 1.29 is 9.90 Å². The average Bonchev–Trinajstić information content (AvgIpc) is 2.39. The van der Waals surface area contributed by atoms with Crippen molar-refractivity contribution in [1.29, 1.82) is 0 Å². The Kier molecular flexibility index (Phi) is 6.52. The zero-order valence-corrected chi connectivity index (χ0v) is 12.9. The molecule has 0 fully saturated rings. The summed E-state index contributed by atoms with van der Waals surface area (Å²) in [4.78, 5) is 13.9. The van der Waals surface area contributed by atoms with Crippen molar-refractivity contribution in [3.63, 3.8) is 0 Å². The van der Waals surface area contributed by atoms with Crippen LogP contribution < -0.4 is 5.32 Å². The summed E-state index contributed by atoms with van der Waals surface area (Å²) in [6, 6.07) is 7.35. The number of hydrogen-bond acceptors (Lipinski definition) is 3. The van der Waals surface area contributed by atoms with Crippen LogP contribution in [-0.4, -0.2) is 36.1 Å². The van der Waals surface area contributed by atoms with E-state index in [0.717, 1.165) is 12.0 Å². The maximum Gasteiger partial charge on any atom is 0.234 e. The number of amides is 1.